The van der Waals surface area contributed by atoms with E-state index < -0.39 is 0 Å². The van der Waals surface area contributed by atoms with E-state index in [0.717, 1.165) is 25.2 Å². The Morgan fingerprint density at radius 1 is 1.58 bits per heavy atom. The summed E-state index contributed by atoms with van der Waals surface area (Å²) in [5, 5.41) is 10.9. The Hall–Kier alpha value is -1.80. The van der Waals surface area contributed by atoms with Crippen molar-refractivity contribution < 1.29 is 4.79 Å². The van der Waals surface area contributed by atoms with E-state index >= 15 is 0 Å². The van der Waals surface area contributed by atoms with Gasteiger partial charge in [-0.1, -0.05) is 17.5 Å². The minimum absolute atomic E-state index is 0.00423. The zero-order valence-electron chi connectivity index (χ0n) is 10.5. The standard InChI is InChI=1S/C13H15ClN4O/c1-2-7-15-13(19)10-4-3-8-18(9-10)12-6-5-11(14)16-17-12/h1,5-6,10H,3-4,7-9H2,(H,15,19)/t10-/m1/s1. The van der Waals surface area contributed by atoms with Crippen LogP contribution in [0, 0.1) is 18.3 Å². The molecule has 100 valence electrons. The molecule has 0 unspecified atom stereocenters. The molecule has 0 saturated carbocycles. The Morgan fingerprint density at radius 2 is 2.42 bits per heavy atom. The quantitative estimate of drug-likeness (QED) is 0.841. The second-order valence-corrected chi connectivity index (χ2v) is 4.81. The summed E-state index contributed by atoms with van der Waals surface area (Å²) in [4.78, 5) is 13.9. The van der Waals surface area contributed by atoms with Gasteiger partial charge in [0.25, 0.3) is 0 Å². The Kier molecular flexibility index (Phi) is 4.58. The molecule has 1 aromatic heterocycles. The van der Waals surface area contributed by atoms with Crippen molar-refractivity contribution in [3.63, 3.8) is 0 Å². The molecule has 19 heavy (non-hydrogen) atoms. The number of nitrogens with one attached hydrogen (secondary N) is 1. The minimum Gasteiger partial charge on any atom is -0.354 e. The number of carbonyl (C=O) groups excluding carboxylic acids is 1. The Bertz CT molecular complexity index is 482. The highest BCUT2D eigenvalue weighted by Crippen LogP contribution is 2.21. The maximum Gasteiger partial charge on any atom is 0.225 e. The number of hydrogen-bond donors (Lipinski definition) is 1. The van der Waals surface area contributed by atoms with Crippen molar-refractivity contribution >= 4 is 23.3 Å². The minimum atomic E-state index is -0.0559. The number of anilines is 1. The van der Waals surface area contributed by atoms with Crippen LogP contribution in [0.5, 0.6) is 0 Å². The third-order valence-electron chi connectivity index (χ3n) is 3.10. The number of carbonyl (C=O) groups is 1. The molecule has 5 nitrogen and oxygen atoms in total. The predicted molar refractivity (Wildman–Crippen MR) is 73.8 cm³/mol. The van der Waals surface area contributed by atoms with Crippen LogP contribution < -0.4 is 10.2 Å². The lowest BCUT2D eigenvalue weighted by molar-refractivity contribution is -0.124. The average Bonchev–Trinajstić information content (AvgIpc) is 2.45. The highest BCUT2D eigenvalue weighted by molar-refractivity contribution is 6.29. The van der Waals surface area contributed by atoms with Crippen LogP contribution in [0.4, 0.5) is 5.82 Å². The van der Waals surface area contributed by atoms with Crippen LogP contribution in [0.2, 0.25) is 5.15 Å². The summed E-state index contributed by atoms with van der Waals surface area (Å²) >= 11 is 5.71. The van der Waals surface area contributed by atoms with E-state index in [0.29, 0.717) is 11.7 Å². The topological polar surface area (TPSA) is 58.1 Å². The number of terminal acetylenes is 1. The van der Waals surface area contributed by atoms with Gasteiger partial charge in [-0.05, 0) is 25.0 Å². The van der Waals surface area contributed by atoms with Gasteiger partial charge >= 0.3 is 0 Å². The molecule has 1 aliphatic heterocycles. The Morgan fingerprint density at radius 3 is 3.11 bits per heavy atom. The molecule has 2 heterocycles. The van der Waals surface area contributed by atoms with Gasteiger partial charge in [-0.2, -0.15) is 0 Å². The van der Waals surface area contributed by atoms with Crippen LogP contribution in [-0.4, -0.2) is 35.7 Å². The molecule has 1 N–H and O–H groups in total. The maximum absolute atomic E-state index is 11.9. The van der Waals surface area contributed by atoms with Gasteiger partial charge in [0.2, 0.25) is 5.91 Å². The van der Waals surface area contributed by atoms with Gasteiger partial charge < -0.3 is 10.2 Å². The van der Waals surface area contributed by atoms with E-state index in [-0.39, 0.29) is 18.4 Å². The molecule has 0 spiro atoms. The van der Waals surface area contributed by atoms with E-state index in [1.807, 2.05) is 11.0 Å². The van der Waals surface area contributed by atoms with Gasteiger partial charge in [-0.3, -0.25) is 4.79 Å². The second kappa shape index (κ2) is 6.39. The fourth-order valence-corrected chi connectivity index (χ4v) is 2.26. The molecular weight excluding hydrogens is 264 g/mol. The molecule has 1 amide bonds. The van der Waals surface area contributed by atoms with Crippen molar-refractivity contribution in [2.75, 3.05) is 24.5 Å². The molecular formula is C13H15ClN4O. The van der Waals surface area contributed by atoms with Crippen molar-refractivity contribution in [1.29, 1.82) is 0 Å². The zero-order chi connectivity index (χ0) is 13.7. The van der Waals surface area contributed by atoms with Crippen LogP contribution >= 0.6 is 11.6 Å². The normalized spacial score (nSPS) is 18.7. The highest BCUT2D eigenvalue weighted by Gasteiger charge is 2.26. The lowest BCUT2D eigenvalue weighted by atomic mass is 9.97. The summed E-state index contributed by atoms with van der Waals surface area (Å²) in [5.41, 5.74) is 0. The SMILES string of the molecule is C#CCNC(=O)[C@@H]1CCCN(c2ccc(Cl)nn2)C1. The second-order valence-electron chi connectivity index (χ2n) is 4.42. The van der Waals surface area contributed by atoms with E-state index in [9.17, 15) is 4.79 Å². The van der Waals surface area contributed by atoms with Gasteiger partial charge in [0.1, 0.15) is 0 Å². The van der Waals surface area contributed by atoms with E-state index in [4.69, 9.17) is 18.0 Å². The molecule has 1 aliphatic rings. The summed E-state index contributed by atoms with van der Waals surface area (Å²) in [6, 6.07) is 3.52. The third-order valence-corrected chi connectivity index (χ3v) is 3.30. The molecule has 2 rings (SSSR count). The molecule has 1 aromatic rings. The number of amides is 1. The number of nitrogens with zero attached hydrogens (tertiary/aromatic N) is 3. The highest BCUT2D eigenvalue weighted by atomic mass is 35.5. The first-order chi connectivity index (χ1) is 9.20. The van der Waals surface area contributed by atoms with Crippen molar-refractivity contribution in [2.24, 2.45) is 5.92 Å². The summed E-state index contributed by atoms with van der Waals surface area (Å²) < 4.78 is 0. The number of rotatable bonds is 3. The van der Waals surface area contributed by atoms with Crippen LogP contribution in [0.3, 0.4) is 0 Å². The van der Waals surface area contributed by atoms with E-state index in [1.165, 1.54) is 0 Å². The van der Waals surface area contributed by atoms with Crippen LogP contribution in [0.25, 0.3) is 0 Å². The monoisotopic (exact) mass is 278 g/mol. The van der Waals surface area contributed by atoms with Crippen LogP contribution in [0.1, 0.15) is 12.8 Å². The fourth-order valence-electron chi connectivity index (χ4n) is 2.16. The summed E-state index contributed by atoms with van der Waals surface area (Å²) in [7, 11) is 0. The van der Waals surface area contributed by atoms with Crippen molar-refractivity contribution in [2.45, 2.75) is 12.8 Å². The van der Waals surface area contributed by atoms with Gasteiger partial charge in [-0.15, -0.1) is 16.6 Å². The summed E-state index contributed by atoms with van der Waals surface area (Å²) in [6.45, 7) is 1.78. The van der Waals surface area contributed by atoms with E-state index in [1.54, 1.807) is 6.07 Å². The zero-order valence-corrected chi connectivity index (χ0v) is 11.2. The number of hydrogen-bond acceptors (Lipinski definition) is 4. The summed E-state index contributed by atoms with van der Waals surface area (Å²) in [5.74, 6) is 3.10. The largest absolute Gasteiger partial charge is 0.354 e. The van der Waals surface area contributed by atoms with E-state index in [2.05, 4.69) is 21.4 Å². The third kappa shape index (κ3) is 3.58. The molecule has 1 fully saturated rings. The Labute approximate surface area is 117 Å². The van der Waals surface area contributed by atoms with Gasteiger partial charge in [0.05, 0.1) is 12.5 Å². The first-order valence-electron chi connectivity index (χ1n) is 6.16. The van der Waals surface area contributed by atoms with Crippen molar-refractivity contribution in [3.8, 4) is 12.3 Å². The first kappa shape index (κ1) is 13.6. The predicted octanol–water partition coefficient (Wildman–Crippen LogP) is 1.10. The smallest absolute Gasteiger partial charge is 0.225 e. The molecule has 6 heteroatoms. The lowest BCUT2D eigenvalue weighted by Crippen LogP contribution is -2.43. The van der Waals surface area contributed by atoms with Gasteiger partial charge in [-0.25, -0.2) is 0 Å². The number of halogens is 1. The lowest BCUT2D eigenvalue weighted by Gasteiger charge is -2.32. The molecule has 1 saturated heterocycles. The summed E-state index contributed by atoms with van der Waals surface area (Å²) in [6.07, 6.45) is 6.94. The number of piperidine rings is 1. The maximum atomic E-state index is 11.9. The first-order valence-corrected chi connectivity index (χ1v) is 6.54. The van der Waals surface area contributed by atoms with Crippen molar-refractivity contribution in [3.05, 3.63) is 17.3 Å². The van der Waals surface area contributed by atoms with Gasteiger partial charge in [0, 0.05) is 13.1 Å². The van der Waals surface area contributed by atoms with Crippen molar-refractivity contribution in [1.82, 2.24) is 15.5 Å². The fraction of sp³-hybridized carbons (Fsp3) is 0.462. The molecule has 1 atom stereocenters. The van der Waals surface area contributed by atoms with Gasteiger partial charge in [0.15, 0.2) is 11.0 Å². The number of aromatic nitrogens is 2. The molecule has 0 aliphatic carbocycles. The van der Waals surface area contributed by atoms with Crippen LogP contribution in [-0.2, 0) is 4.79 Å². The molecule has 0 aromatic carbocycles. The Balaban J connectivity index is 1.99. The average molecular weight is 279 g/mol. The van der Waals surface area contributed by atoms with Crippen LogP contribution in [0.15, 0.2) is 12.1 Å². The molecule has 0 bridgehead atoms. The molecule has 0 radical (unpaired) electrons.